The topological polar surface area (TPSA) is 60.9 Å². The van der Waals surface area contributed by atoms with Gasteiger partial charge in [0.2, 0.25) is 0 Å². The maximum Gasteiger partial charge on any atom is 0.192 e. The molecule has 0 N–H and O–H groups in total. The molecule has 4 rings (SSSR count). The average Bonchev–Trinajstić information content (AvgIpc) is 3.18. The number of ketones is 1. The Balaban J connectivity index is 1.50. The summed E-state index contributed by atoms with van der Waals surface area (Å²) < 4.78 is 20.4. The Morgan fingerprint density at radius 3 is 2.72 bits per heavy atom. The van der Waals surface area contributed by atoms with Crippen molar-refractivity contribution in [2.75, 3.05) is 5.75 Å². The number of halogens is 1. The van der Waals surface area contributed by atoms with Gasteiger partial charge in [-0.15, -0.1) is 10.2 Å². The highest BCUT2D eigenvalue weighted by atomic mass is 32.2. The molecule has 25 heavy (non-hydrogen) atoms. The van der Waals surface area contributed by atoms with E-state index in [1.807, 2.05) is 16.7 Å². The number of benzene rings is 1. The van der Waals surface area contributed by atoms with Crippen molar-refractivity contribution in [2.45, 2.75) is 30.5 Å². The molecule has 0 aliphatic heterocycles. The molecule has 0 atom stereocenters. The van der Waals surface area contributed by atoms with Crippen LogP contribution >= 0.6 is 11.8 Å². The van der Waals surface area contributed by atoms with E-state index < -0.39 is 0 Å². The molecule has 3 aromatic rings. The van der Waals surface area contributed by atoms with Crippen LogP contribution in [0.3, 0.4) is 0 Å². The van der Waals surface area contributed by atoms with Gasteiger partial charge in [0, 0.05) is 11.5 Å². The molecule has 1 aliphatic rings. The van der Waals surface area contributed by atoms with E-state index in [0.717, 1.165) is 24.4 Å². The SMILES string of the molecule is O=C(CSc1nnc(C2CC2)n1Cc1ccco1)c1ccc(F)cc1. The van der Waals surface area contributed by atoms with Crippen LogP contribution in [0.5, 0.6) is 0 Å². The van der Waals surface area contributed by atoms with Crippen LogP contribution in [0.25, 0.3) is 0 Å². The fraction of sp³-hybridized carbons (Fsp3) is 0.278. The minimum absolute atomic E-state index is 0.0643. The molecule has 0 spiro atoms. The molecule has 0 amide bonds. The summed E-state index contributed by atoms with van der Waals surface area (Å²) in [5.74, 6) is 2.04. The van der Waals surface area contributed by atoms with Gasteiger partial charge in [0.15, 0.2) is 10.9 Å². The number of nitrogens with zero attached hydrogens (tertiary/aromatic N) is 3. The smallest absolute Gasteiger partial charge is 0.192 e. The fourth-order valence-corrected chi connectivity index (χ4v) is 3.45. The van der Waals surface area contributed by atoms with Gasteiger partial charge in [-0.1, -0.05) is 11.8 Å². The second-order valence-corrected chi connectivity index (χ2v) is 6.94. The van der Waals surface area contributed by atoms with Crippen molar-refractivity contribution < 1.29 is 13.6 Å². The monoisotopic (exact) mass is 357 g/mol. The number of hydrogen-bond donors (Lipinski definition) is 0. The van der Waals surface area contributed by atoms with Crippen LogP contribution in [0.2, 0.25) is 0 Å². The first kappa shape index (κ1) is 16.1. The molecule has 7 heteroatoms. The summed E-state index contributed by atoms with van der Waals surface area (Å²) in [6.07, 6.45) is 3.88. The lowest BCUT2D eigenvalue weighted by molar-refractivity contribution is 0.102. The van der Waals surface area contributed by atoms with Gasteiger partial charge in [0.1, 0.15) is 17.4 Å². The third-order valence-corrected chi connectivity index (χ3v) is 5.05. The molecule has 128 valence electrons. The third kappa shape index (κ3) is 3.66. The summed E-state index contributed by atoms with van der Waals surface area (Å²) in [4.78, 5) is 12.3. The molecule has 0 bridgehead atoms. The number of hydrogen-bond acceptors (Lipinski definition) is 5. The maximum atomic E-state index is 13.0. The van der Waals surface area contributed by atoms with Crippen LogP contribution in [0.4, 0.5) is 4.39 Å². The Labute approximate surface area is 148 Å². The second-order valence-electron chi connectivity index (χ2n) is 6.00. The maximum absolute atomic E-state index is 13.0. The van der Waals surface area contributed by atoms with Crippen molar-refractivity contribution in [1.29, 1.82) is 0 Å². The van der Waals surface area contributed by atoms with Gasteiger partial charge in [-0.05, 0) is 49.2 Å². The number of thioether (sulfide) groups is 1. The lowest BCUT2D eigenvalue weighted by Crippen LogP contribution is -2.07. The summed E-state index contributed by atoms with van der Waals surface area (Å²) >= 11 is 1.35. The van der Waals surface area contributed by atoms with E-state index in [4.69, 9.17) is 4.42 Å². The number of carbonyl (C=O) groups excluding carboxylic acids is 1. The first-order valence-electron chi connectivity index (χ1n) is 8.08. The van der Waals surface area contributed by atoms with Crippen LogP contribution in [0, 0.1) is 5.82 Å². The summed E-state index contributed by atoms with van der Waals surface area (Å²) in [5.41, 5.74) is 0.494. The zero-order chi connectivity index (χ0) is 17.2. The van der Waals surface area contributed by atoms with E-state index in [1.165, 1.54) is 36.0 Å². The minimum atomic E-state index is -0.350. The van der Waals surface area contributed by atoms with Crippen LogP contribution in [-0.2, 0) is 6.54 Å². The molecule has 1 saturated carbocycles. The summed E-state index contributed by atoms with van der Waals surface area (Å²) in [5, 5.41) is 9.27. The van der Waals surface area contributed by atoms with Gasteiger partial charge in [-0.25, -0.2) is 4.39 Å². The first-order valence-corrected chi connectivity index (χ1v) is 9.06. The molecule has 0 radical (unpaired) electrons. The van der Waals surface area contributed by atoms with Gasteiger partial charge >= 0.3 is 0 Å². The van der Waals surface area contributed by atoms with Gasteiger partial charge in [0.05, 0.1) is 18.6 Å². The normalized spacial score (nSPS) is 14.0. The number of aromatic nitrogens is 3. The Hall–Kier alpha value is -2.41. The molecule has 2 heterocycles. The Kier molecular flexibility index (Phi) is 4.40. The highest BCUT2D eigenvalue weighted by Gasteiger charge is 2.30. The van der Waals surface area contributed by atoms with Crippen LogP contribution < -0.4 is 0 Å². The molecule has 1 fully saturated rings. The molecule has 0 unspecified atom stereocenters. The quantitative estimate of drug-likeness (QED) is 0.474. The first-order chi connectivity index (χ1) is 12.2. The van der Waals surface area contributed by atoms with Crippen molar-refractivity contribution in [1.82, 2.24) is 14.8 Å². The van der Waals surface area contributed by atoms with E-state index in [0.29, 0.717) is 23.2 Å². The van der Waals surface area contributed by atoms with Crippen molar-refractivity contribution in [2.24, 2.45) is 0 Å². The lowest BCUT2D eigenvalue weighted by atomic mass is 10.1. The van der Waals surface area contributed by atoms with E-state index >= 15 is 0 Å². The van der Waals surface area contributed by atoms with Crippen molar-refractivity contribution >= 4 is 17.5 Å². The minimum Gasteiger partial charge on any atom is -0.467 e. The van der Waals surface area contributed by atoms with Crippen molar-refractivity contribution in [3.63, 3.8) is 0 Å². The largest absolute Gasteiger partial charge is 0.467 e. The standard InChI is InChI=1S/C18H16FN3O2S/c19-14-7-5-12(6-8-14)16(23)11-25-18-21-20-17(13-3-4-13)22(18)10-15-2-1-9-24-15/h1-2,5-9,13H,3-4,10-11H2. The van der Waals surface area contributed by atoms with E-state index in [1.54, 1.807) is 6.26 Å². The van der Waals surface area contributed by atoms with E-state index in [9.17, 15) is 9.18 Å². The Bertz CT molecular complexity index is 870. The number of rotatable bonds is 7. The molecule has 2 aromatic heterocycles. The van der Waals surface area contributed by atoms with Crippen LogP contribution in [0.1, 0.15) is 40.7 Å². The van der Waals surface area contributed by atoms with Crippen LogP contribution in [-0.4, -0.2) is 26.3 Å². The molecular weight excluding hydrogens is 341 g/mol. The van der Waals surface area contributed by atoms with Gasteiger partial charge in [-0.3, -0.25) is 9.36 Å². The van der Waals surface area contributed by atoms with E-state index in [-0.39, 0.29) is 17.4 Å². The Morgan fingerprint density at radius 1 is 1.24 bits per heavy atom. The summed E-state index contributed by atoms with van der Waals surface area (Å²) in [6, 6.07) is 9.35. The predicted molar refractivity (Wildman–Crippen MR) is 91.3 cm³/mol. The van der Waals surface area contributed by atoms with Gasteiger partial charge in [-0.2, -0.15) is 0 Å². The molecule has 1 aromatic carbocycles. The summed E-state index contributed by atoms with van der Waals surface area (Å²) in [7, 11) is 0. The zero-order valence-corrected chi connectivity index (χ0v) is 14.2. The molecule has 0 saturated heterocycles. The number of Topliss-reactive ketones (excluding diaryl/α,β-unsaturated/α-hetero) is 1. The van der Waals surface area contributed by atoms with Crippen LogP contribution in [0.15, 0.2) is 52.2 Å². The fourth-order valence-electron chi connectivity index (χ4n) is 2.61. The highest BCUT2D eigenvalue weighted by molar-refractivity contribution is 7.99. The third-order valence-electron chi connectivity index (χ3n) is 4.08. The summed E-state index contributed by atoms with van der Waals surface area (Å²) in [6.45, 7) is 0.554. The molecular formula is C18H16FN3O2S. The molecule has 1 aliphatic carbocycles. The number of furan rings is 1. The van der Waals surface area contributed by atoms with Gasteiger partial charge < -0.3 is 4.42 Å². The Morgan fingerprint density at radius 2 is 2.04 bits per heavy atom. The molecule has 5 nitrogen and oxygen atoms in total. The predicted octanol–water partition coefficient (Wildman–Crippen LogP) is 3.91. The van der Waals surface area contributed by atoms with Gasteiger partial charge in [0.25, 0.3) is 0 Å². The number of carbonyl (C=O) groups is 1. The van der Waals surface area contributed by atoms with Crippen molar-refractivity contribution in [3.8, 4) is 0 Å². The zero-order valence-electron chi connectivity index (χ0n) is 13.4. The highest BCUT2D eigenvalue weighted by Crippen LogP contribution is 2.40. The second kappa shape index (κ2) is 6.84. The van der Waals surface area contributed by atoms with E-state index in [2.05, 4.69) is 10.2 Å². The average molecular weight is 357 g/mol. The lowest BCUT2D eigenvalue weighted by Gasteiger charge is -2.08. The van der Waals surface area contributed by atoms with Crippen molar-refractivity contribution in [3.05, 3.63) is 65.6 Å².